The van der Waals surface area contributed by atoms with E-state index in [9.17, 15) is 4.39 Å². The van der Waals surface area contributed by atoms with E-state index in [4.69, 9.17) is 10.5 Å². The van der Waals surface area contributed by atoms with Crippen LogP contribution in [0.25, 0.3) is 0 Å². The second kappa shape index (κ2) is 6.69. The van der Waals surface area contributed by atoms with Crippen molar-refractivity contribution in [3.63, 3.8) is 0 Å². The van der Waals surface area contributed by atoms with Crippen molar-refractivity contribution < 1.29 is 9.13 Å². The van der Waals surface area contributed by atoms with Gasteiger partial charge in [0.25, 0.3) is 0 Å². The zero-order chi connectivity index (χ0) is 16.2. The van der Waals surface area contributed by atoms with Crippen molar-refractivity contribution in [1.82, 2.24) is 0 Å². The molecule has 1 fully saturated rings. The lowest BCUT2D eigenvalue weighted by Gasteiger charge is -2.33. The predicted molar refractivity (Wildman–Crippen MR) is 90.4 cm³/mol. The molecule has 0 aliphatic heterocycles. The molecule has 0 unspecified atom stereocenters. The van der Waals surface area contributed by atoms with Crippen molar-refractivity contribution in [3.8, 4) is 5.75 Å². The van der Waals surface area contributed by atoms with Gasteiger partial charge in [-0.15, -0.1) is 0 Å². The number of nitrogens with two attached hydrogens (primary N) is 1. The van der Waals surface area contributed by atoms with Gasteiger partial charge in [0, 0.05) is 5.69 Å². The number of guanidine groups is 1. The molecule has 3 rings (SSSR count). The highest BCUT2D eigenvalue weighted by atomic mass is 19.1. The minimum atomic E-state index is -0.185. The van der Waals surface area contributed by atoms with Crippen LogP contribution in [0.5, 0.6) is 5.75 Å². The summed E-state index contributed by atoms with van der Waals surface area (Å²) in [6.07, 6.45) is 1.79. The molecule has 0 spiro atoms. The summed E-state index contributed by atoms with van der Waals surface area (Å²) in [5.74, 6) is 1.38. The van der Waals surface area contributed by atoms with E-state index < -0.39 is 0 Å². The number of methoxy groups -OCH3 is 1. The molecular formula is C18H20FN3O. The van der Waals surface area contributed by atoms with Crippen molar-refractivity contribution in [1.29, 1.82) is 0 Å². The first kappa shape index (κ1) is 15.3. The highest BCUT2D eigenvalue weighted by Crippen LogP contribution is 2.38. The minimum absolute atomic E-state index is 0.185. The maximum Gasteiger partial charge on any atom is 0.193 e. The first-order valence-corrected chi connectivity index (χ1v) is 7.64. The highest BCUT2D eigenvalue weighted by Gasteiger charge is 2.30. The molecule has 0 atom stereocenters. The molecule has 3 N–H and O–H groups in total. The normalized spacial score (nSPS) is 20.7. The van der Waals surface area contributed by atoms with E-state index in [0.29, 0.717) is 11.9 Å². The van der Waals surface area contributed by atoms with Gasteiger partial charge in [-0.25, -0.2) is 9.38 Å². The molecule has 1 aliphatic carbocycles. The van der Waals surface area contributed by atoms with Crippen LogP contribution in [0.3, 0.4) is 0 Å². The number of hydrogen-bond acceptors (Lipinski definition) is 2. The van der Waals surface area contributed by atoms with E-state index in [-0.39, 0.29) is 11.9 Å². The Morgan fingerprint density at radius 3 is 2.61 bits per heavy atom. The predicted octanol–water partition coefficient (Wildman–Crippen LogP) is 3.51. The quantitative estimate of drug-likeness (QED) is 0.671. The monoisotopic (exact) mass is 313 g/mol. The van der Waals surface area contributed by atoms with E-state index in [2.05, 4.69) is 10.3 Å². The lowest BCUT2D eigenvalue weighted by Crippen LogP contribution is -2.31. The van der Waals surface area contributed by atoms with Gasteiger partial charge in [-0.3, -0.25) is 0 Å². The summed E-state index contributed by atoms with van der Waals surface area (Å²) in [4.78, 5) is 4.48. The lowest BCUT2D eigenvalue weighted by atomic mass is 9.76. The Kier molecular flexibility index (Phi) is 4.46. The lowest BCUT2D eigenvalue weighted by molar-refractivity contribution is 0.352. The number of ether oxygens (including phenoxy) is 1. The van der Waals surface area contributed by atoms with Crippen LogP contribution in [0, 0.1) is 5.82 Å². The Morgan fingerprint density at radius 1 is 1.22 bits per heavy atom. The Labute approximate surface area is 135 Å². The van der Waals surface area contributed by atoms with Gasteiger partial charge in [0.1, 0.15) is 11.6 Å². The average molecular weight is 313 g/mol. The van der Waals surface area contributed by atoms with E-state index >= 15 is 0 Å². The summed E-state index contributed by atoms with van der Waals surface area (Å²) < 4.78 is 18.3. The third-order valence-electron chi connectivity index (χ3n) is 4.12. The van der Waals surface area contributed by atoms with Crippen molar-refractivity contribution in [2.24, 2.45) is 10.7 Å². The Balaban J connectivity index is 1.54. The molecule has 2 aromatic rings. The molecule has 0 heterocycles. The van der Waals surface area contributed by atoms with Crippen LogP contribution in [-0.2, 0) is 0 Å². The molecule has 1 aliphatic rings. The second-order valence-electron chi connectivity index (χ2n) is 5.74. The molecule has 23 heavy (non-hydrogen) atoms. The number of hydrogen-bond donors (Lipinski definition) is 2. The number of anilines is 1. The van der Waals surface area contributed by atoms with Crippen molar-refractivity contribution in [3.05, 3.63) is 59.9 Å². The van der Waals surface area contributed by atoms with Crippen LogP contribution in [0.1, 0.15) is 24.3 Å². The molecule has 0 aromatic heterocycles. The fraction of sp³-hybridized carbons (Fsp3) is 0.278. The van der Waals surface area contributed by atoms with Crippen LogP contribution in [0.4, 0.5) is 10.1 Å². The van der Waals surface area contributed by atoms with E-state index in [1.165, 1.54) is 6.07 Å². The minimum Gasteiger partial charge on any atom is -0.497 e. The van der Waals surface area contributed by atoms with Gasteiger partial charge < -0.3 is 15.8 Å². The Bertz CT molecular complexity index is 694. The van der Waals surface area contributed by atoms with Crippen molar-refractivity contribution >= 4 is 11.6 Å². The van der Waals surface area contributed by atoms with Crippen LogP contribution >= 0.6 is 0 Å². The molecule has 120 valence electrons. The second-order valence-corrected chi connectivity index (χ2v) is 5.74. The van der Waals surface area contributed by atoms with Crippen molar-refractivity contribution in [2.75, 3.05) is 12.4 Å². The van der Waals surface area contributed by atoms with Crippen LogP contribution in [-0.4, -0.2) is 19.1 Å². The van der Waals surface area contributed by atoms with E-state index in [1.807, 2.05) is 30.3 Å². The third kappa shape index (κ3) is 3.80. The number of aliphatic imine (C=N–C) groups is 1. The maximum absolute atomic E-state index is 13.2. The van der Waals surface area contributed by atoms with E-state index in [0.717, 1.165) is 29.8 Å². The summed E-state index contributed by atoms with van der Waals surface area (Å²) in [6, 6.07) is 14.5. The molecule has 0 saturated heterocycles. The van der Waals surface area contributed by atoms with Crippen LogP contribution in [0.15, 0.2) is 53.5 Å². The van der Waals surface area contributed by atoms with Gasteiger partial charge in [0.2, 0.25) is 0 Å². The van der Waals surface area contributed by atoms with E-state index in [1.54, 1.807) is 19.2 Å². The number of nitrogens with one attached hydrogen (secondary N) is 1. The van der Waals surface area contributed by atoms with Gasteiger partial charge in [0.05, 0.1) is 13.2 Å². The molecule has 0 bridgehead atoms. The highest BCUT2D eigenvalue weighted by molar-refractivity contribution is 5.92. The Morgan fingerprint density at radius 2 is 1.96 bits per heavy atom. The zero-order valence-electron chi connectivity index (χ0n) is 13.0. The summed E-state index contributed by atoms with van der Waals surface area (Å²) in [6.45, 7) is 0. The van der Waals surface area contributed by atoms with Crippen LogP contribution < -0.4 is 15.8 Å². The third-order valence-corrected chi connectivity index (χ3v) is 4.12. The first-order valence-electron chi connectivity index (χ1n) is 7.64. The molecule has 2 aromatic carbocycles. The largest absolute Gasteiger partial charge is 0.497 e. The Hall–Kier alpha value is -2.56. The van der Waals surface area contributed by atoms with Crippen molar-refractivity contribution in [2.45, 2.75) is 24.8 Å². The summed E-state index contributed by atoms with van der Waals surface area (Å²) >= 11 is 0. The number of halogens is 1. The fourth-order valence-electron chi connectivity index (χ4n) is 2.78. The number of rotatable bonds is 4. The average Bonchev–Trinajstić information content (AvgIpc) is 2.51. The molecule has 5 heteroatoms. The van der Waals surface area contributed by atoms with Gasteiger partial charge >= 0.3 is 0 Å². The van der Waals surface area contributed by atoms with Gasteiger partial charge in [-0.2, -0.15) is 0 Å². The molecule has 4 nitrogen and oxygen atoms in total. The molecule has 1 saturated carbocycles. The topological polar surface area (TPSA) is 59.6 Å². The standard InChI is InChI=1S/C18H20FN3O/c1-23-17-7-5-15(6-8-17)21-18(20)22-16-10-13(11-16)12-3-2-4-14(19)9-12/h2-9,13,16H,10-11H2,1H3,(H3,20,21,22). The first-order chi connectivity index (χ1) is 11.1. The SMILES string of the molecule is COc1ccc(NC(N)=NC2CC(c3cccc(F)c3)C2)cc1. The molecule has 0 amide bonds. The molecule has 0 radical (unpaired) electrons. The summed E-state index contributed by atoms with van der Waals surface area (Å²) in [5, 5.41) is 3.07. The smallest absolute Gasteiger partial charge is 0.193 e. The van der Waals surface area contributed by atoms with Crippen LogP contribution in [0.2, 0.25) is 0 Å². The maximum atomic E-state index is 13.2. The summed E-state index contributed by atoms with van der Waals surface area (Å²) in [5.41, 5.74) is 7.85. The van der Waals surface area contributed by atoms with Gasteiger partial charge in [0.15, 0.2) is 5.96 Å². The summed E-state index contributed by atoms with van der Waals surface area (Å²) in [7, 11) is 1.63. The fourth-order valence-corrected chi connectivity index (χ4v) is 2.78. The zero-order valence-corrected chi connectivity index (χ0v) is 13.0. The number of nitrogens with zero attached hydrogens (tertiary/aromatic N) is 1. The number of benzene rings is 2. The molecular weight excluding hydrogens is 293 g/mol. The van der Waals surface area contributed by atoms with Gasteiger partial charge in [-0.05, 0) is 60.7 Å². The van der Waals surface area contributed by atoms with Gasteiger partial charge in [-0.1, -0.05) is 12.1 Å².